The molecule has 1 saturated heterocycles. The van der Waals surface area contributed by atoms with Crippen molar-refractivity contribution in [2.24, 2.45) is 5.73 Å². The largest absolute Gasteiger partial charge is 0.352 e. The maximum Gasteiger partial charge on any atom is 0.325 e. The summed E-state index contributed by atoms with van der Waals surface area (Å²) in [7, 11) is 0. The van der Waals surface area contributed by atoms with Crippen molar-refractivity contribution in [2.75, 3.05) is 6.54 Å². The molecule has 7 nitrogen and oxygen atoms in total. The van der Waals surface area contributed by atoms with Crippen molar-refractivity contribution in [1.82, 2.24) is 15.5 Å². The second-order valence-corrected chi connectivity index (χ2v) is 7.49. The highest BCUT2D eigenvalue weighted by molar-refractivity contribution is 6.09. The molecule has 0 spiro atoms. The Bertz CT molecular complexity index is 710. The molecule has 26 heavy (non-hydrogen) atoms. The van der Waals surface area contributed by atoms with Crippen LogP contribution in [0.15, 0.2) is 24.3 Å². The molecule has 4 amide bonds. The molecule has 2 aliphatic rings. The van der Waals surface area contributed by atoms with Gasteiger partial charge in [-0.25, -0.2) is 4.79 Å². The van der Waals surface area contributed by atoms with Crippen LogP contribution >= 0.6 is 0 Å². The van der Waals surface area contributed by atoms with Crippen LogP contribution in [0.2, 0.25) is 0 Å². The van der Waals surface area contributed by atoms with Crippen LogP contribution in [-0.4, -0.2) is 41.4 Å². The van der Waals surface area contributed by atoms with Crippen molar-refractivity contribution in [3.63, 3.8) is 0 Å². The number of nitrogens with zero attached hydrogens (tertiary/aromatic N) is 1. The number of nitrogens with two attached hydrogens (primary N) is 1. The van der Waals surface area contributed by atoms with Crippen LogP contribution in [0.5, 0.6) is 0 Å². The Hall–Kier alpha value is -2.41. The Morgan fingerprint density at radius 2 is 1.85 bits per heavy atom. The first-order valence-corrected chi connectivity index (χ1v) is 9.06. The lowest BCUT2D eigenvalue weighted by Crippen LogP contribution is -2.47. The highest BCUT2D eigenvalue weighted by atomic mass is 16.2. The Balaban J connectivity index is 1.65. The lowest BCUT2D eigenvalue weighted by Gasteiger charge is -2.27. The van der Waals surface area contributed by atoms with Gasteiger partial charge in [0.15, 0.2) is 0 Å². The number of urea groups is 1. The van der Waals surface area contributed by atoms with Gasteiger partial charge in [0.25, 0.3) is 5.91 Å². The van der Waals surface area contributed by atoms with E-state index in [4.69, 9.17) is 5.73 Å². The van der Waals surface area contributed by atoms with E-state index >= 15 is 0 Å². The smallest absolute Gasteiger partial charge is 0.325 e. The molecule has 2 fully saturated rings. The summed E-state index contributed by atoms with van der Waals surface area (Å²) in [6.45, 7) is 3.35. The summed E-state index contributed by atoms with van der Waals surface area (Å²) in [6.07, 6.45) is 3.40. The summed E-state index contributed by atoms with van der Waals surface area (Å²) < 4.78 is 0. The molecule has 0 aromatic heterocycles. The molecule has 4 N–H and O–H groups in total. The fourth-order valence-corrected chi connectivity index (χ4v) is 3.60. The minimum absolute atomic E-state index is 0.0616. The van der Waals surface area contributed by atoms with Gasteiger partial charge in [-0.2, -0.15) is 0 Å². The number of carbonyl (C=O) groups excluding carboxylic acids is 3. The van der Waals surface area contributed by atoms with Crippen LogP contribution in [0.1, 0.15) is 43.7 Å². The van der Waals surface area contributed by atoms with Gasteiger partial charge in [-0.15, -0.1) is 0 Å². The van der Waals surface area contributed by atoms with Crippen LogP contribution in [0, 0.1) is 6.92 Å². The van der Waals surface area contributed by atoms with Gasteiger partial charge in [-0.1, -0.05) is 29.8 Å². The summed E-state index contributed by atoms with van der Waals surface area (Å²) in [5, 5.41) is 5.64. The Morgan fingerprint density at radius 3 is 2.46 bits per heavy atom. The number of imide groups is 1. The molecule has 1 unspecified atom stereocenters. The molecule has 3 rings (SSSR count). The van der Waals surface area contributed by atoms with Gasteiger partial charge in [0.2, 0.25) is 5.91 Å². The number of hydrogen-bond donors (Lipinski definition) is 3. The van der Waals surface area contributed by atoms with Gasteiger partial charge < -0.3 is 16.4 Å². The van der Waals surface area contributed by atoms with Gasteiger partial charge >= 0.3 is 6.03 Å². The maximum atomic E-state index is 12.8. The van der Waals surface area contributed by atoms with Crippen molar-refractivity contribution in [2.45, 2.75) is 57.2 Å². The van der Waals surface area contributed by atoms with Crippen molar-refractivity contribution >= 4 is 17.8 Å². The molecular weight excluding hydrogens is 332 g/mol. The van der Waals surface area contributed by atoms with Gasteiger partial charge in [0.05, 0.1) is 0 Å². The molecule has 1 atom stereocenters. The van der Waals surface area contributed by atoms with Gasteiger partial charge in [-0.3, -0.25) is 14.5 Å². The number of amides is 4. The van der Waals surface area contributed by atoms with Crippen LogP contribution in [-0.2, 0) is 15.1 Å². The standard InChI is InChI=1S/C19H26N4O3/c1-12-3-5-13(6-4-12)19(2)17(25)23(18(26)22-19)11-16(24)21-15-9-7-14(20)8-10-15/h3-6,14-15H,7-11,20H2,1-2H3,(H,21,24)(H,22,26). The molecule has 1 aromatic carbocycles. The summed E-state index contributed by atoms with van der Waals surface area (Å²) in [4.78, 5) is 38.5. The average molecular weight is 358 g/mol. The van der Waals surface area contributed by atoms with Crippen LogP contribution in [0.25, 0.3) is 0 Å². The number of aryl methyl sites for hydroxylation is 1. The fraction of sp³-hybridized carbons (Fsp3) is 0.526. The Labute approximate surface area is 153 Å². The van der Waals surface area contributed by atoms with E-state index in [2.05, 4.69) is 10.6 Å². The SMILES string of the molecule is Cc1ccc(C2(C)NC(=O)N(CC(=O)NC3CCC(N)CC3)C2=O)cc1. The monoisotopic (exact) mass is 358 g/mol. The molecule has 1 heterocycles. The Kier molecular flexibility index (Phi) is 5.00. The molecule has 0 radical (unpaired) electrons. The van der Waals surface area contributed by atoms with E-state index in [0.717, 1.165) is 36.1 Å². The molecule has 1 aliphatic carbocycles. The number of rotatable bonds is 4. The zero-order chi connectivity index (χ0) is 18.9. The first kappa shape index (κ1) is 18.4. The van der Waals surface area contributed by atoms with E-state index in [1.165, 1.54) is 0 Å². The van der Waals surface area contributed by atoms with E-state index in [-0.39, 0.29) is 24.5 Å². The topological polar surface area (TPSA) is 105 Å². The van der Waals surface area contributed by atoms with E-state index in [1.807, 2.05) is 31.2 Å². The van der Waals surface area contributed by atoms with Gasteiger partial charge in [-0.05, 0) is 45.1 Å². The molecule has 0 bridgehead atoms. The van der Waals surface area contributed by atoms with Crippen LogP contribution in [0.3, 0.4) is 0 Å². The third-order valence-electron chi connectivity index (χ3n) is 5.34. The minimum Gasteiger partial charge on any atom is -0.352 e. The van der Waals surface area contributed by atoms with Crippen molar-refractivity contribution in [3.8, 4) is 0 Å². The molecular formula is C19H26N4O3. The lowest BCUT2D eigenvalue weighted by atomic mass is 9.91. The van der Waals surface area contributed by atoms with Gasteiger partial charge in [0, 0.05) is 12.1 Å². The predicted molar refractivity (Wildman–Crippen MR) is 97.1 cm³/mol. The van der Waals surface area contributed by atoms with Crippen LogP contribution in [0.4, 0.5) is 4.79 Å². The van der Waals surface area contributed by atoms with E-state index in [9.17, 15) is 14.4 Å². The van der Waals surface area contributed by atoms with Crippen molar-refractivity contribution in [1.29, 1.82) is 0 Å². The molecule has 1 saturated carbocycles. The Morgan fingerprint density at radius 1 is 1.23 bits per heavy atom. The number of carbonyl (C=O) groups is 3. The summed E-state index contributed by atoms with van der Waals surface area (Å²) in [6, 6.07) is 7.14. The number of benzene rings is 1. The predicted octanol–water partition coefficient (Wildman–Crippen LogP) is 1.15. The first-order valence-electron chi connectivity index (χ1n) is 9.06. The normalized spacial score (nSPS) is 28.8. The molecule has 140 valence electrons. The zero-order valence-electron chi connectivity index (χ0n) is 15.2. The summed E-state index contributed by atoms with van der Waals surface area (Å²) in [5.41, 5.74) is 6.49. The lowest BCUT2D eigenvalue weighted by molar-refractivity contribution is -0.135. The zero-order valence-corrected chi connectivity index (χ0v) is 15.2. The minimum atomic E-state index is -1.15. The van der Waals surface area contributed by atoms with Crippen molar-refractivity contribution < 1.29 is 14.4 Å². The third kappa shape index (κ3) is 3.58. The maximum absolute atomic E-state index is 12.8. The third-order valence-corrected chi connectivity index (χ3v) is 5.34. The highest BCUT2D eigenvalue weighted by Gasteiger charge is 2.49. The van der Waals surface area contributed by atoms with E-state index in [0.29, 0.717) is 5.56 Å². The molecule has 1 aliphatic heterocycles. The second-order valence-electron chi connectivity index (χ2n) is 7.49. The highest BCUT2D eigenvalue weighted by Crippen LogP contribution is 2.29. The van der Waals surface area contributed by atoms with E-state index in [1.54, 1.807) is 6.92 Å². The van der Waals surface area contributed by atoms with Crippen LogP contribution < -0.4 is 16.4 Å². The molecule has 7 heteroatoms. The van der Waals surface area contributed by atoms with E-state index < -0.39 is 17.5 Å². The molecule has 1 aromatic rings. The number of hydrogen-bond acceptors (Lipinski definition) is 4. The van der Waals surface area contributed by atoms with Crippen molar-refractivity contribution in [3.05, 3.63) is 35.4 Å². The van der Waals surface area contributed by atoms with Gasteiger partial charge in [0.1, 0.15) is 12.1 Å². The number of nitrogens with one attached hydrogen (secondary N) is 2. The second kappa shape index (κ2) is 7.07. The fourth-order valence-electron chi connectivity index (χ4n) is 3.60. The quantitative estimate of drug-likeness (QED) is 0.702. The average Bonchev–Trinajstić information content (AvgIpc) is 2.82. The first-order chi connectivity index (χ1) is 12.3. The summed E-state index contributed by atoms with van der Waals surface area (Å²) >= 11 is 0. The summed E-state index contributed by atoms with van der Waals surface area (Å²) in [5.74, 6) is -0.728.